The lowest BCUT2D eigenvalue weighted by Gasteiger charge is -2.16. The number of ether oxygens (including phenoxy) is 1. The molecule has 0 atom stereocenters. The molecule has 2 aromatic rings. The van der Waals surface area contributed by atoms with Crippen molar-refractivity contribution < 1.29 is 4.74 Å². The fourth-order valence-corrected chi connectivity index (χ4v) is 3.19. The molecule has 0 spiro atoms. The van der Waals surface area contributed by atoms with Crippen LogP contribution in [0.15, 0.2) is 17.5 Å². The van der Waals surface area contributed by atoms with Gasteiger partial charge in [-0.3, -0.25) is 0 Å². The van der Waals surface area contributed by atoms with E-state index in [4.69, 9.17) is 15.5 Å². The van der Waals surface area contributed by atoms with Crippen LogP contribution in [0.3, 0.4) is 0 Å². The van der Waals surface area contributed by atoms with E-state index in [9.17, 15) is 0 Å². The molecule has 0 aliphatic rings. The van der Waals surface area contributed by atoms with Crippen LogP contribution < -0.4 is 10.5 Å². The second-order valence-corrected chi connectivity index (χ2v) is 6.40. The minimum atomic E-state index is 0.424. The van der Waals surface area contributed by atoms with E-state index in [1.54, 1.807) is 11.3 Å². The topological polar surface area (TPSA) is 48.1 Å². The van der Waals surface area contributed by atoms with Gasteiger partial charge in [0.2, 0.25) is 0 Å². The predicted molar refractivity (Wildman–Crippen MR) is 90.3 cm³/mol. The van der Waals surface area contributed by atoms with Crippen LogP contribution in [0, 0.1) is 6.92 Å². The Morgan fingerprint density at radius 1 is 1.33 bits per heavy atom. The summed E-state index contributed by atoms with van der Waals surface area (Å²) in [5, 5.41) is 3.23. The number of nitrogens with zero attached hydrogens (tertiary/aromatic N) is 1. The zero-order valence-electron chi connectivity index (χ0n) is 13.3. The summed E-state index contributed by atoms with van der Waals surface area (Å²) in [6, 6.07) is 4.36. The van der Waals surface area contributed by atoms with Gasteiger partial charge in [0.25, 0.3) is 0 Å². The number of rotatable bonds is 6. The normalized spacial score (nSPS) is 11.1. The average molecular weight is 304 g/mol. The number of nitrogens with two attached hydrogens (primary N) is 1. The molecule has 4 heteroatoms. The van der Waals surface area contributed by atoms with E-state index in [2.05, 4.69) is 38.3 Å². The Bertz CT molecular complexity index is 605. The largest absolute Gasteiger partial charge is 0.494 e. The van der Waals surface area contributed by atoms with E-state index in [0.717, 1.165) is 22.9 Å². The van der Waals surface area contributed by atoms with E-state index in [1.165, 1.54) is 16.7 Å². The summed E-state index contributed by atoms with van der Waals surface area (Å²) in [7, 11) is 0. The molecule has 0 fully saturated rings. The Morgan fingerprint density at radius 3 is 2.71 bits per heavy atom. The lowest BCUT2D eigenvalue weighted by molar-refractivity contribution is 0.335. The molecule has 0 bridgehead atoms. The molecule has 3 nitrogen and oxygen atoms in total. The third kappa shape index (κ3) is 3.63. The fourth-order valence-electron chi connectivity index (χ4n) is 2.38. The summed E-state index contributed by atoms with van der Waals surface area (Å²) in [4.78, 5) is 4.70. The van der Waals surface area contributed by atoms with E-state index < -0.39 is 0 Å². The number of hydrogen-bond donors (Lipinski definition) is 1. The maximum absolute atomic E-state index is 5.78. The molecular formula is C17H24N2OS. The SMILES string of the molecule is CCOc1cc(C)c(-c2csc(CCN)n2)cc1C(C)C. The highest BCUT2D eigenvalue weighted by atomic mass is 32.1. The van der Waals surface area contributed by atoms with Crippen LogP contribution in [0.25, 0.3) is 11.3 Å². The van der Waals surface area contributed by atoms with Crippen LogP contribution >= 0.6 is 11.3 Å². The molecule has 0 saturated heterocycles. The Morgan fingerprint density at radius 2 is 2.10 bits per heavy atom. The first-order valence-electron chi connectivity index (χ1n) is 7.49. The zero-order valence-corrected chi connectivity index (χ0v) is 14.1. The van der Waals surface area contributed by atoms with E-state index in [0.29, 0.717) is 19.1 Å². The van der Waals surface area contributed by atoms with Crippen molar-refractivity contribution in [2.45, 2.75) is 40.0 Å². The maximum Gasteiger partial charge on any atom is 0.123 e. The van der Waals surface area contributed by atoms with Crippen LogP contribution in [-0.4, -0.2) is 18.1 Å². The molecule has 0 unspecified atom stereocenters. The minimum absolute atomic E-state index is 0.424. The summed E-state index contributed by atoms with van der Waals surface area (Å²) in [5.41, 5.74) is 10.3. The number of aromatic nitrogens is 1. The fraction of sp³-hybridized carbons (Fsp3) is 0.471. The van der Waals surface area contributed by atoms with Gasteiger partial charge in [0.1, 0.15) is 5.75 Å². The van der Waals surface area contributed by atoms with Crippen molar-refractivity contribution in [3.05, 3.63) is 33.6 Å². The van der Waals surface area contributed by atoms with Crippen LogP contribution in [0.1, 0.15) is 42.8 Å². The number of hydrogen-bond acceptors (Lipinski definition) is 4. The molecule has 1 aromatic heterocycles. The Labute approximate surface area is 131 Å². The van der Waals surface area contributed by atoms with Gasteiger partial charge in [-0.1, -0.05) is 13.8 Å². The molecule has 2 N–H and O–H groups in total. The van der Waals surface area contributed by atoms with Crippen LogP contribution in [0.2, 0.25) is 0 Å². The van der Waals surface area contributed by atoms with Crippen LogP contribution in [0.5, 0.6) is 5.75 Å². The molecule has 0 aliphatic heterocycles. The van der Waals surface area contributed by atoms with Gasteiger partial charge >= 0.3 is 0 Å². The molecule has 2 rings (SSSR count). The molecule has 0 aliphatic carbocycles. The quantitative estimate of drug-likeness (QED) is 0.872. The summed E-state index contributed by atoms with van der Waals surface area (Å²) in [5.74, 6) is 1.42. The van der Waals surface area contributed by atoms with Crippen molar-refractivity contribution in [2.75, 3.05) is 13.2 Å². The third-order valence-electron chi connectivity index (χ3n) is 3.46. The number of thiazole rings is 1. The van der Waals surface area contributed by atoms with Crippen LogP contribution in [-0.2, 0) is 6.42 Å². The minimum Gasteiger partial charge on any atom is -0.494 e. The first kappa shape index (κ1) is 16.0. The summed E-state index contributed by atoms with van der Waals surface area (Å²) in [6.45, 7) is 9.86. The monoisotopic (exact) mass is 304 g/mol. The Balaban J connectivity index is 2.45. The Hall–Kier alpha value is -1.39. The van der Waals surface area contributed by atoms with E-state index >= 15 is 0 Å². The van der Waals surface area contributed by atoms with Gasteiger partial charge in [-0.05, 0) is 49.6 Å². The van der Waals surface area contributed by atoms with Gasteiger partial charge in [0, 0.05) is 17.4 Å². The van der Waals surface area contributed by atoms with Gasteiger partial charge in [-0.2, -0.15) is 0 Å². The predicted octanol–water partition coefficient (Wildman–Crippen LogP) is 4.14. The van der Waals surface area contributed by atoms with Gasteiger partial charge in [0.05, 0.1) is 17.3 Å². The standard InChI is InChI=1S/C17H24N2OS/c1-5-20-16-8-12(4)14(9-13(16)11(2)3)15-10-21-17(19-15)6-7-18/h8-11H,5-7,18H2,1-4H3. The maximum atomic E-state index is 5.78. The van der Waals surface area contributed by atoms with Crippen molar-refractivity contribution >= 4 is 11.3 Å². The highest BCUT2D eigenvalue weighted by Crippen LogP contribution is 2.35. The van der Waals surface area contributed by atoms with Crippen molar-refractivity contribution in [2.24, 2.45) is 5.73 Å². The highest BCUT2D eigenvalue weighted by Gasteiger charge is 2.14. The number of benzene rings is 1. The summed E-state index contributed by atoms with van der Waals surface area (Å²) in [6.07, 6.45) is 0.845. The van der Waals surface area contributed by atoms with Gasteiger partial charge in [0.15, 0.2) is 0 Å². The third-order valence-corrected chi connectivity index (χ3v) is 4.37. The summed E-state index contributed by atoms with van der Waals surface area (Å²) >= 11 is 1.68. The second kappa shape index (κ2) is 7.05. The molecule has 1 heterocycles. The van der Waals surface area contributed by atoms with E-state index in [-0.39, 0.29) is 0 Å². The highest BCUT2D eigenvalue weighted by molar-refractivity contribution is 7.09. The van der Waals surface area contributed by atoms with Crippen molar-refractivity contribution in [3.63, 3.8) is 0 Å². The van der Waals surface area contributed by atoms with Crippen molar-refractivity contribution in [1.29, 1.82) is 0 Å². The van der Waals surface area contributed by atoms with Crippen LogP contribution in [0.4, 0.5) is 0 Å². The molecule has 114 valence electrons. The van der Waals surface area contributed by atoms with Gasteiger partial charge in [-0.15, -0.1) is 11.3 Å². The summed E-state index contributed by atoms with van der Waals surface area (Å²) < 4.78 is 5.78. The van der Waals surface area contributed by atoms with Crippen molar-refractivity contribution in [3.8, 4) is 17.0 Å². The zero-order chi connectivity index (χ0) is 15.4. The first-order chi connectivity index (χ1) is 10.1. The lowest BCUT2D eigenvalue weighted by atomic mass is 9.95. The van der Waals surface area contributed by atoms with Gasteiger partial charge in [-0.25, -0.2) is 4.98 Å². The average Bonchev–Trinajstić information content (AvgIpc) is 2.87. The number of aryl methyl sites for hydroxylation is 1. The first-order valence-corrected chi connectivity index (χ1v) is 8.37. The molecule has 1 aromatic carbocycles. The lowest BCUT2D eigenvalue weighted by Crippen LogP contribution is -2.02. The van der Waals surface area contributed by atoms with Crippen molar-refractivity contribution in [1.82, 2.24) is 4.98 Å². The molecule has 0 radical (unpaired) electrons. The van der Waals surface area contributed by atoms with E-state index in [1.807, 2.05) is 6.92 Å². The molecule has 0 saturated carbocycles. The Kier molecular flexibility index (Phi) is 5.37. The smallest absolute Gasteiger partial charge is 0.123 e. The second-order valence-electron chi connectivity index (χ2n) is 5.46. The molecule has 0 amide bonds. The van der Waals surface area contributed by atoms with Gasteiger partial charge < -0.3 is 10.5 Å². The molecule has 21 heavy (non-hydrogen) atoms. The molecular weight excluding hydrogens is 280 g/mol.